The van der Waals surface area contributed by atoms with E-state index in [-0.39, 0.29) is 10.5 Å². The molecule has 1 aliphatic heterocycles. The molecule has 1 heterocycles. The van der Waals surface area contributed by atoms with Crippen LogP contribution < -0.4 is 5.43 Å². The van der Waals surface area contributed by atoms with Crippen molar-refractivity contribution in [3.63, 3.8) is 0 Å². The monoisotopic (exact) mass is 375 g/mol. The smallest absolute Gasteiger partial charge is 0.271 e. The van der Waals surface area contributed by atoms with Gasteiger partial charge in [0.1, 0.15) is 0 Å². The highest BCUT2D eigenvalue weighted by Crippen LogP contribution is 2.40. The van der Waals surface area contributed by atoms with E-state index in [4.69, 9.17) is 4.74 Å². The van der Waals surface area contributed by atoms with Gasteiger partial charge in [-0.15, -0.1) is 0 Å². The average molecular weight is 375 g/mol. The van der Waals surface area contributed by atoms with Crippen molar-refractivity contribution in [3.05, 3.63) is 42.0 Å². The molecule has 2 atom stereocenters. The van der Waals surface area contributed by atoms with E-state index in [1.165, 1.54) is 16.4 Å². The van der Waals surface area contributed by atoms with Gasteiger partial charge < -0.3 is 4.74 Å². The quantitative estimate of drug-likeness (QED) is 0.636. The minimum Gasteiger partial charge on any atom is -0.379 e. The Hall–Kier alpha value is -2.03. The van der Waals surface area contributed by atoms with E-state index in [9.17, 15) is 13.2 Å². The Kier molecular flexibility index (Phi) is 4.64. The molecular weight excluding hydrogens is 354 g/mol. The zero-order chi connectivity index (χ0) is 18.1. The van der Waals surface area contributed by atoms with Gasteiger partial charge in [-0.05, 0) is 37.0 Å². The van der Waals surface area contributed by atoms with Gasteiger partial charge in [0.25, 0.3) is 5.91 Å². The second-order valence-corrected chi connectivity index (χ2v) is 8.66. The summed E-state index contributed by atoms with van der Waals surface area (Å²) in [6.45, 7) is 1.41. The molecule has 0 spiro atoms. The molecule has 3 aliphatic rings. The molecule has 2 fully saturated rings. The molecule has 1 aromatic carbocycles. The van der Waals surface area contributed by atoms with E-state index in [0.717, 1.165) is 18.6 Å². The van der Waals surface area contributed by atoms with Gasteiger partial charge >= 0.3 is 0 Å². The number of morpholine rings is 1. The van der Waals surface area contributed by atoms with Gasteiger partial charge in [-0.1, -0.05) is 18.2 Å². The van der Waals surface area contributed by atoms with E-state index >= 15 is 0 Å². The molecule has 1 saturated carbocycles. The minimum atomic E-state index is -3.63. The maximum atomic E-state index is 12.7. The van der Waals surface area contributed by atoms with Crippen LogP contribution >= 0.6 is 0 Å². The maximum Gasteiger partial charge on any atom is 0.271 e. The second kappa shape index (κ2) is 6.94. The van der Waals surface area contributed by atoms with Crippen molar-refractivity contribution in [1.82, 2.24) is 9.73 Å². The fourth-order valence-electron chi connectivity index (χ4n) is 3.58. The van der Waals surface area contributed by atoms with Crippen LogP contribution in [0.25, 0.3) is 0 Å². The number of hydrogen-bond donors (Lipinski definition) is 1. The van der Waals surface area contributed by atoms with Crippen molar-refractivity contribution in [1.29, 1.82) is 0 Å². The highest BCUT2D eigenvalue weighted by molar-refractivity contribution is 7.89. The molecule has 1 saturated heterocycles. The fourth-order valence-corrected chi connectivity index (χ4v) is 5.04. The first-order valence-electron chi connectivity index (χ1n) is 8.77. The fraction of sp³-hybridized carbons (Fsp3) is 0.444. The molecule has 0 radical (unpaired) electrons. The first kappa shape index (κ1) is 17.4. The molecule has 4 rings (SSSR count). The summed E-state index contributed by atoms with van der Waals surface area (Å²) in [5.74, 6) is 0.585. The molecule has 2 aliphatic carbocycles. The summed E-state index contributed by atoms with van der Waals surface area (Å²) in [5, 5.41) is 4.23. The molecule has 1 amide bonds. The Labute approximate surface area is 152 Å². The first-order valence-corrected chi connectivity index (χ1v) is 10.2. The van der Waals surface area contributed by atoms with Crippen LogP contribution in [0.1, 0.15) is 23.2 Å². The van der Waals surface area contributed by atoms with Crippen LogP contribution in [0.3, 0.4) is 0 Å². The second-order valence-electron chi connectivity index (χ2n) is 6.73. The first-order chi connectivity index (χ1) is 12.6. The predicted octanol–water partition coefficient (Wildman–Crippen LogP) is 1.39. The van der Waals surface area contributed by atoms with Crippen molar-refractivity contribution in [3.8, 4) is 0 Å². The lowest BCUT2D eigenvalue weighted by Gasteiger charge is -2.31. The summed E-state index contributed by atoms with van der Waals surface area (Å²) in [4.78, 5) is 12.5. The number of ether oxygens (including phenoxy) is 1. The van der Waals surface area contributed by atoms with Crippen LogP contribution in [0.2, 0.25) is 0 Å². The Morgan fingerprint density at radius 2 is 2.08 bits per heavy atom. The van der Waals surface area contributed by atoms with Crippen LogP contribution in [-0.4, -0.2) is 50.6 Å². The van der Waals surface area contributed by atoms with Gasteiger partial charge in [-0.3, -0.25) is 4.79 Å². The summed E-state index contributed by atoms with van der Waals surface area (Å²) >= 11 is 0. The molecule has 0 bridgehead atoms. The minimum absolute atomic E-state index is 0.114. The molecule has 1 N–H and O–H groups in total. The molecule has 0 unspecified atom stereocenters. The molecule has 1 aromatic rings. The van der Waals surface area contributed by atoms with Crippen molar-refractivity contribution >= 4 is 21.6 Å². The number of benzene rings is 1. The molecule has 0 aromatic heterocycles. The Bertz CT molecular complexity index is 872. The molecule has 26 heavy (non-hydrogen) atoms. The Morgan fingerprint density at radius 3 is 2.85 bits per heavy atom. The number of carbonyl (C=O) groups excluding carboxylic acids is 1. The third-order valence-electron chi connectivity index (χ3n) is 5.17. The van der Waals surface area contributed by atoms with Gasteiger partial charge in [0.2, 0.25) is 10.0 Å². The SMILES string of the molecule is O=C(N/N=C1/C[C@@H]2C=CC[C@@H]12)c1cccc(S(=O)(=O)N2CCOCC2)c1. The highest BCUT2D eigenvalue weighted by atomic mass is 32.2. The van der Waals surface area contributed by atoms with Gasteiger partial charge in [0.15, 0.2) is 0 Å². The van der Waals surface area contributed by atoms with E-state index in [2.05, 4.69) is 22.7 Å². The number of amides is 1. The largest absolute Gasteiger partial charge is 0.379 e. The molecule has 8 heteroatoms. The number of hydrogen-bond acceptors (Lipinski definition) is 5. The average Bonchev–Trinajstić information content (AvgIpc) is 3.03. The summed E-state index contributed by atoms with van der Waals surface area (Å²) in [6.07, 6.45) is 6.21. The summed E-state index contributed by atoms with van der Waals surface area (Å²) < 4.78 is 32.0. The number of rotatable bonds is 4. The molecule has 7 nitrogen and oxygen atoms in total. The van der Waals surface area contributed by atoms with E-state index < -0.39 is 15.9 Å². The van der Waals surface area contributed by atoms with Crippen LogP contribution in [0.5, 0.6) is 0 Å². The van der Waals surface area contributed by atoms with Crippen LogP contribution in [-0.2, 0) is 14.8 Å². The van der Waals surface area contributed by atoms with Crippen LogP contribution in [0, 0.1) is 11.8 Å². The lowest BCUT2D eigenvalue weighted by Crippen LogP contribution is -2.40. The van der Waals surface area contributed by atoms with Crippen molar-refractivity contribution in [2.75, 3.05) is 26.3 Å². The highest BCUT2D eigenvalue weighted by Gasteiger charge is 2.38. The molecule has 138 valence electrons. The van der Waals surface area contributed by atoms with E-state index in [1.807, 2.05) is 0 Å². The van der Waals surface area contributed by atoms with E-state index in [1.54, 1.807) is 12.1 Å². The van der Waals surface area contributed by atoms with E-state index in [0.29, 0.717) is 38.1 Å². The zero-order valence-electron chi connectivity index (χ0n) is 14.3. The van der Waals surface area contributed by atoms with Gasteiger partial charge in [-0.2, -0.15) is 9.41 Å². The topological polar surface area (TPSA) is 88.1 Å². The number of carbonyl (C=O) groups is 1. The Morgan fingerprint density at radius 1 is 1.27 bits per heavy atom. The summed E-state index contributed by atoms with van der Waals surface area (Å²) in [6, 6.07) is 6.08. The normalized spacial score (nSPS) is 27.2. The van der Waals surface area contributed by atoms with Gasteiger partial charge in [-0.25, -0.2) is 13.8 Å². The number of sulfonamides is 1. The van der Waals surface area contributed by atoms with Gasteiger partial charge in [0.05, 0.1) is 18.1 Å². The summed E-state index contributed by atoms with van der Waals surface area (Å²) in [7, 11) is -3.63. The Balaban J connectivity index is 1.47. The third kappa shape index (κ3) is 3.20. The number of allylic oxidation sites excluding steroid dienone is 2. The molecular formula is C18H21N3O4S. The number of hydrazone groups is 1. The standard InChI is InChI=1S/C18H21N3O4S/c22-18(20-19-17-12-13-3-2-6-16(13)17)14-4-1-5-15(11-14)26(23,24)21-7-9-25-10-8-21/h1-5,11,13,16H,6-10,12H2,(H,20,22)/b19-17-/t13-,16+/m0/s1. The summed E-state index contributed by atoms with van der Waals surface area (Å²) in [5.41, 5.74) is 3.85. The predicted molar refractivity (Wildman–Crippen MR) is 96.3 cm³/mol. The van der Waals surface area contributed by atoms with Crippen LogP contribution in [0.15, 0.2) is 46.4 Å². The number of fused-ring (bicyclic) bond motifs is 1. The third-order valence-corrected chi connectivity index (χ3v) is 7.06. The van der Waals surface area contributed by atoms with Crippen molar-refractivity contribution < 1.29 is 17.9 Å². The van der Waals surface area contributed by atoms with Gasteiger partial charge in [0, 0.05) is 30.3 Å². The lowest BCUT2D eigenvalue weighted by atomic mass is 9.74. The number of nitrogens with one attached hydrogen (secondary N) is 1. The van der Waals surface area contributed by atoms with Crippen molar-refractivity contribution in [2.45, 2.75) is 17.7 Å². The zero-order valence-corrected chi connectivity index (χ0v) is 15.1. The maximum absolute atomic E-state index is 12.7. The lowest BCUT2D eigenvalue weighted by molar-refractivity contribution is 0.0730. The number of nitrogens with zero attached hydrogens (tertiary/aromatic N) is 2. The van der Waals surface area contributed by atoms with Crippen molar-refractivity contribution in [2.24, 2.45) is 16.9 Å². The van der Waals surface area contributed by atoms with Crippen LogP contribution in [0.4, 0.5) is 0 Å².